The molecule has 106 valence electrons. The molecule has 0 aliphatic heterocycles. The van der Waals surface area contributed by atoms with Crippen molar-refractivity contribution in [1.82, 2.24) is 5.32 Å². The molecule has 1 unspecified atom stereocenters. The molecule has 1 aromatic heterocycles. The standard InChI is InChI=1S/C15H17NO4/c1-8-7-11(10(3)20-8)9(2)16-15(19)14-12(17)5-4-6-13(14)18/h4-7,9,17-18H,1-3H3,(H,16,19). The molecule has 1 amide bonds. The predicted molar refractivity (Wildman–Crippen MR) is 73.8 cm³/mol. The van der Waals surface area contributed by atoms with Gasteiger partial charge < -0.3 is 19.9 Å². The van der Waals surface area contributed by atoms with Gasteiger partial charge in [-0.05, 0) is 39.0 Å². The highest BCUT2D eigenvalue weighted by Crippen LogP contribution is 2.27. The number of rotatable bonds is 3. The predicted octanol–water partition coefficient (Wildman–Crippen LogP) is 2.80. The first-order valence-electron chi connectivity index (χ1n) is 6.29. The SMILES string of the molecule is Cc1cc(C(C)NC(=O)c2c(O)cccc2O)c(C)o1. The van der Waals surface area contributed by atoms with Crippen molar-refractivity contribution in [2.24, 2.45) is 0 Å². The molecule has 0 saturated carbocycles. The summed E-state index contributed by atoms with van der Waals surface area (Å²) in [6.45, 7) is 5.47. The number of carbonyl (C=O) groups is 1. The van der Waals surface area contributed by atoms with Crippen LogP contribution in [0.3, 0.4) is 0 Å². The Morgan fingerprint density at radius 2 is 1.85 bits per heavy atom. The second-order valence-electron chi connectivity index (χ2n) is 4.73. The highest BCUT2D eigenvalue weighted by atomic mass is 16.3. The van der Waals surface area contributed by atoms with E-state index in [-0.39, 0.29) is 23.1 Å². The van der Waals surface area contributed by atoms with Crippen LogP contribution in [-0.4, -0.2) is 16.1 Å². The van der Waals surface area contributed by atoms with Gasteiger partial charge >= 0.3 is 0 Å². The van der Waals surface area contributed by atoms with Crippen LogP contribution in [0.25, 0.3) is 0 Å². The molecule has 20 heavy (non-hydrogen) atoms. The summed E-state index contributed by atoms with van der Waals surface area (Å²) >= 11 is 0. The molecule has 0 spiro atoms. The number of aryl methyl sites for hydroxylation is 2. The van der Waals surface area contributed by atoms with Gasteiger partial charge in [-0.3, -0.25) is 4.79 Å². The fourth-order valence-corrected chi connectivity index (χ4v) is 2.19. The maximum absolute atomic E-state index is 12.1. The molecule has 2 aromatic rings. The average Bonchev–Trinajstić information content (AvgIpc) is 2.68. The Hall–Kier alpha value is -2.43. The van der Waals surface area contributed by atoms with E-state index in [1.165, 1.54) is 18.2 Å². The van der Waals surface area contributed by atoms with E-state index in [1.807, 2.05) is 26.8 Å². The molecule has 5 heteroatoms. The molecule has 1 atom stereocenters. The molecule has 1 aromatic carbocycles. The van der Waals surface area contributed by atoms with Crippen LogP contribution in [0.15, 0.2) is 28.7 Å². The van der Waals surface area contributed by atoms with E-state index in [2.05, 4.69) is 5.32 Å². The molecule has 3 N–H and O–H groups in total. The third-order valence-corrected chi connectivity index (χ3v) is 3.14. The number of phenolic OH excluding ortho intramolecular Hbond substituents is 2. The van der Waals surface area contributed by atoms with Crippen LogP contribution in [0.2, 0.25) is 0 Å². The molecule has 5 nitrogen and oxygen atoms in total. The first-order valence-corrected chi connectivity index (χ1v) is 6.29. The number of nitrogens with one attached hydrogen (secondary N) is 1. The van der Waals surface area contributed by atoms with Gasteiger partial charge in [0.15, 0.2) is 0 Å². The third kappa shape index (κ3) is 2.61. The Balaban J connectivity index is 2.22. The van der Waals surface area contributed by atoms with E-state index in [9.17, 15) is 15.0 Å². The molecular formula is C15H17NO4. The monoisotopic (exact) mass is 275 g/mol. The lowest BCUT2D eigenvalue weighted by atomic mass is 10.1. The van der Waals surface area contributed by atoms with Crippen molar-refractivity contribution in [2.45, 2.75) is 26.8 Å². The summed E-state index contributed by atoms with van der Waals surface area (Å²) in [6.07, 6.45) is 0. The van der Waals surface area contributed by atoms with E-state index in [0.717, 1.165) is 17.1 Å². The second kappa shape index (κ2) is 5.28. The largest absolute Gasteiger partial charge is 0.507 e. The van der Waals surface area contributed by atoms with Gasteiger partial charge in [-0.25, -0.2) is 0 Å². The van der Waals surface area contributed by atoms with Gasteiger partial charge in [0.1, 0.15) is 28.6 Å². The zero-order valence-electron chi connectivity index (χ0n) is 11.6. The van der Waals surface area contributed by atoms with Gasteiger partial charge in [-0.1, -0.05) is 6.07 Å². The Bertz CT molecular complexity index is 625. The quantitative estimate of drug-likeness (QED) is 0.804. The average molecular weight is 275 g/mol. The number of amides is 1. The zero-order valence-corrected chi connectivity index (χ0v) is 11.6. The van der Waals surface area contributed by atoms with Crippen LogP contribution in [-0.2, 0) is 0 Å². The van der Waals surface area contributed by atoms with E-state index in [1.54, 1.807) is 0 Å². The number of hydrogen-bond donors (Lipinski definition) is 3. The lowest BCUT2D eigenvalue weighted by Gasteiger charge is -2.14. The fourth-order valence-electron chi connectivity index (χ4n) is 2.19. The van der Waals surface area contributed by atoms with Gasteiger partial charge in [-0.2, -0.15) is 0 Å². The summed E-state index contributed by atoms with van der Waals surface area (Å²) in [5, 5.41) is 22.1. The Labute approximate surface area is 116 Å². The molecule has 0 radical (unpaired) electrons. The van der Waals surface area contributed by atoms with Crippen LogP contribution >= 0.6 is 0 Å². The van der Waals surface area contributed by atoms with Crippen molar-refractivity contribution in [3.63, 3.8) is 0 Å². The Morgan fingerprint density at radius 3 is 2.35 bits per heavy atom. The van der Waals surface area contributed by atoms with Crippen LogP contribution in [0.5, 0.6) is 11.5 Å². The molecule has 0 saturated heterocycles. The number of phenols is 2. The minimum Gasteiger partial charge on any atom is -0.507 e. The van der Waals surface area contributed by atoms with Crippen LogP contribution in [0, 0.1) is 13.8 Å². The van der Waals surface area contributed by atoms with Gasteiger partial charge in [0.2, 0.25) is 0 Å². The van der Waals surface area contributed by atoms with Crippen molar-refractivity contribution in [3.05, 3.63) is 46.9 Å². The summed E-state index contributed by atoms with van der Waals surface area (Å²) in [6, 6.07) is 5.73. The smallest absolute Gasteiger partial charge is 0.259 e. The second-order valence-corrected chi connectivity index (χ2v) is 4.73. The van der Waals surface area contributed by atoms with Gasteiger partial charge in [0, 0.05) is 5.56 Å². The summed E-state index contributed by atoms with van der Waals surface area (Å²) in [4.78, 5) is 12.1. The fraction of sp³-hybridized carbons (Fsp3) is 0.267. The number of furan rings is 1. The Kier molecular flexibility index (Phi) is 3.70. The zero-order chi connectivity index (χ0) is 14.9. The molecular weight excluding hydrogens is 258 g/mol. The summed E-state index contributed by atoms with van der Waals surface area (Å²) in [5.41, 5.74) is 0.739. The molecule has 0 aliphatic rings. The van der Waals surface area contributed by atoms with Gasteiger partial charge in [-0.15, -0.1) is 0 Å². The molecule has 2 rings (SSSR count). The minimum absolute atomic E-state index is 0.128. The lowest BCUT2D eigenvalue weighted by Crippen LogP contribution is -2.26. The molecule has 0 aliphatic carbocycles. The summed E-state index contributed by atoms with van der Waals surface area (Å²) in [7, 11) is 0. The maximum Gasteiger partial charge on any atom is 0.259 e. The molecule has 0 bridgehead atoms. The number of aromatic hydroxyl groups is 2. The highest BCUT2D eigenvalue weighted by Gasteiger charge is 2.20. The topological polar surface area (TPSA) is 82.7 Å². The van der Waals surface area contributed by atoms with E-state index in [4.69, 9.17) is 4.42 Å². The van der Waals surface area contributed by atoms with Crippen LogP contribution in [0.4, 0.5) is 0 Å². The minimum atomic E-state index is -0.536. The molecule has 1 heterocycles. The number of carbonyl (C=O) groups excluding carboxylic acids is 1. The first kappa shape index (κ1) is 14.0. The first-order chi connectivity index (χ1) is 9.40. The lowest BCUT2D eigenvalue weighted by molar-refractivity contribution is 0.0934. The normalized spacial score (nSPS) is 12.2. The highest BCUT2D eigenvalue weighted by molar-refractivity contribution is 5.99. The van der Waals surface area contributed by atoms with Crippen LogP contribution < -0.4 is 5.32 Å². The number of benzene rings is 1. The maximum atomic E-state index is 12.1. The van der Waals surface area contributed by atoms with E-state index in [0.29, 0.717) is 0 Å². The van der Waals surface area contributed by atoms with Gasteiger partial charge in [0.05, 0.1) is 6.04 Å². The summed E-state index contributed by atoms with van der Waals surface area (Å²) in [5.74, 6) is 0.455. The van der Waals surface area contributed by atoms with E-state index < -0.39 is 5.91 Å². The van der Waals surface area contributed by atoms with Crippen molar-refractivity contribution in [2.75, 3.05) is 0 Å². The molecule has 0 fully saturated rings. The van der Waals surface area contributed by atoms with Gasteiger partial charge in [0.25, 0.3) is 5.91 Å². The third-order valence-electron chi connectivity index (χ3n) is 3.14. The van der Waals surface area contributed by atoms with Crippen molar-refractivity contribution < 1.29 is 19.4 Å². The van der Waals surface area contributed by atoms with Crippen molar-refractivity contribution >= 4 is 5.91 Å². The summed E-state index contributed by atoms with van der Waals surface area (Å²) < 4.78 is 5.42. The number of hydrogen-bond acceptors (Lipinski definition) is 4. The Morgan fingerprint density at radius 1 is 1.25 bits per heavy atom. The van der Waals surface area contributed by atoms with Crippen molar-refractivity contribution in [3.8, 4) is 11.5 Å². The van der Waals surface area contributed by atoms with Crippen molar-refractivity contribution in [1.29, 1.82) is 0 Å². The van der Waals surface area contributed by atoms with Crippen LogP contribution in [0.1, 0.15) is 40.4 Å². The van der Waals surface area contributed by atoms with E-state index >= 15 is 0 Å².